The highest BCUT2D eigenvalue weighted by Crippen LogP contribution is 2.48. The first-order valence-corrected chi connectivity index (χ1v) is 16.1. The van der Waals surface area contributed by atoms with Crippen molar-refractivity contribution in [1.29, 1.82) is 0 Å². The van der Waals surface area contributed by atoms with E-state index in [1.807, 2.05) is 0 Å². The van der Waals surface area contributed by atoms with Gasteiger partial charge >= 0.3 is 13.7 Å². The number of esters is 1. The number of rotatable bonds is 11. The average molecular weight is 619 g/mol. The quantitative estimate of drug-likeness (QED) is 0.181. The Kier molecular flexibility index (Phi) is 9.64. The Morgan fingerprint density at radius 3 is 2.51 bits per heavy atom. The number of aromatic nitrogens is 4. The van der Waals surface area contributed by atoms with Crippen molar-refractivity contribution in [2.45, 2.75) is 95.7 Å². The zero-order valence-electron chi connectivity index (χ0n) is 24.4. The van der Waals surface area contributed by atoms with Gasteiger partial charge in [0.1, 0.15) is 48.1 Å². The minimum absolute atomic E-state index is 0.150. The Morgan fingerprint density at radius 2 is 1.81 bits per heavy atom. The summed E-state index contributed by atoms with van der Waals surface area (Å²) in [5, 5.41) is 24.7. The maximum Gasteiger partial charge on any atom is 0.459 e. The standard InChI is InChI=1S/C28H39N6O8P/c1-16(2)20(28(37)39-18-10-6-4-7-11-18)33-43(38,42-19-12-8-5-9-13-19)41-17(3)24-22(35)23(36)27(40-24)34-15-32-21-25(29)30-14-31-26(21)34/h5,8-9,12-18,20,22-24,27,35-36H,4,6-7,10-11H2,1-3H3,(H,33,38)(H2,29,30,31)/t17?,20-,22-,23+,24+,27+,43?/m0/s1. The second-order valence-electron chi connectivity index (χ2n) is 11.3. The van der Waals surface area contributed by atoms with Crippen molar-refractivity contribution in [2.24, 2.45) is 5.92 Å². The average Bonchev–Trinajstić information content (AvgIpc) is 3.54. The van der Waals surface area contributed by atoms with E-state index >= 15 is 0 Å². The molecule has 234 valence electrons. The van der Waals surface area contributed by atoms with Gasteiger partial charge in [0.2, 0.25) is 0 Å². The number of carbonyl (C=O) groups is 1. The molecule has 15 heteroatoms. The number of carbonyl (C=O) groups excluding carboxylic acids is 1. The number of nitrogens with zero attached hydrogens (tertiary/aromatic N) is 4. The maximum absolute atomic E-state index is 14.4. The highest BCUT2D eigenvalue weighted by molar-refractivity contribution is 7.52. The number of hydrogen-bond donors (Lipinski definition) is 4. The van der Waals surface area contributed by atoms with Gasteiger partial charge in [0.25, 0.3) is 0 Å². The van der Waals surface area contributed by atoms with Gasteiger partial charge in [-0.25, -0.2) is 19.5 Å². The molecular formula is C28H39N6O8P. The number of nitrogens with two attached hydrogens (primary N) is 1. The van der Waals surface area contributed by atoms with Crippen molar-refractivity contribution >= 4 is 30.7 Å². The summed E-state index contributed by atoms with van der Waals surface area (Å²) in [5.41, 5.74) is 6.50. The summed E-state index contributed by atoms with van der Waals surface area (Å²) < 4.78 is 39.5. The van der Waals surface area contributed by atoms with Crippen LogP contribution in [0.15, 0.2) is 43.0 Å². The number of imidazole rings is 1. The second-order valence-corrected chi connectivity index (χ2v) is 13.0. The molecule has 2 unspecified atom stereocenters. The third-order valence-corrected chi connectivity index (χ3v) is 9.38. The smallest absolute Gasteiger partial charge is 0.459 e. The molecule has 2 aromatic heterocycles. The number of nitrogens with one attached hydrogen (secondary N) is 1. The van der Waals surface area contributed by atoms with Crippen molar-refractivity contribution < 1.29 is 38.1 Å². The van der Waals surface area contributed by atoms with Gasteiger partial charge in [0.05, 0.1) is 12.4 Å². The van der Waals surface area contributed by atoms with Crippen molar-refractivity contribution in [2.75, 3.05) is 5.73 Å². The predicted octanol–water partition coefficient (Wildman–Crippen LogP) is 3.11. The summed E-state index contributed by atoms with van der Waals surface area (Å²) in [7, 11) is -4.32. The van der Waals surface area contributed by atoms with Crippen LogP contribution in [0, 0.1) is 5.92 Å². The van der Waals surface area contributed by atoms with E-state index in [1.54, 1.807) is 44.2 Å². The van der Waals surface area contributed by atoms with Gasteiger partial charge in [-0.3, -0.25) is 13.9 Å². The van der Waals surface area contributed by atoms with Crippen LogP contribution >= 0.6 is 7.75 Å². The first-order chi connectivity index (χ1) is 20.6. The number of benzene rings is 1. The van der Waals surface area contributed by atoms with Gasteiger partial charge in [-0.15, -0.1) is 0 Å². The molecule has 2 fully saturated rings. The van der Waals surface area contributed by atoms with Crippen molar-refractivity contribution in [3.8, 4) is 5.75 Å². The highest BCUT2D eigenvalue weighted by atomic mass is 31.2. The summed E-state index contributed by atoms with van der Waals surface area (Å²) in [4.78, 5) is 25.6. The lowest BCUT2D eigenvalue weighted by molar-refractivity contribution is -0.154. The Bertz CT molecular complexity index is 1440. The molecule has 0 bridgehead atoms. The first kappa shape index (κ1) is 31.3. The fraction of sp³-hybridized carbons (Fsp3) is 0.571. The molecule has 1 aliphatic carbocycles. The minimum atomic E-state index is -4.32. The number of hydrogen-bond acceptors (Lipinski definition) is 12. The van der Waals surface area contributed by atoms with Crippen LogP contribution in [0.1, 0.15) is 59.1 Å². The zero-order chi connectivity index (χ0) is 30.7. The largest absolute Gasteiger partial charge is 0.461 e. The zero-order valence-corrected chi connectivity index (χ0v) is 25.2. The van der Waals surface area contributed by atoms with E-state index < -0.39 is 50.4 Å². The van der Waals surface area contributed by atoms with Gasteiger partial charge in [0, 0.05) is 0 Å². The Balaban J connectivity index is 1.36. The monoisotopic (exact) mass is 618 g/mol. The number of nitrogen functional groups attached to an aromatic ring is 1. The molecule has 1 aliphatic heterocycles. The lowest BCUT2D eigenvalue weighted by atomic mass is 9.97. The van der Waals surface area contributed by atoms with Crippen LogP contribution in [0.4, 0.5) is 5.82 Å². The molecule has 5 rings (SSSR count). The van der Waals surface area contributed by atoms with Crippen LogP contribution < -0.4 is 15.3 Å². The van der Waals surface area contributed by atoms with Gasteiger partial charge in [-0.2, -0.15) is 5.09 Å². The SMILES string of the molecule is CC(C)[C@H](NP(=O)(Oc1ccccc1)OC(C)[C@H]1O[C@@H](n2cnc3c(N)ncnc32)[C@H](O)[C@@H]1O)C(=O)OC1CCCCC1. The molecule has 0 amide bonds. The third kappa shape index (κ3) is 7.00. The molecule has 0 spiro atoms. The molecule has 5 N–H and O–H groups in total. The number of aliphatic hydroxyl groups excluding tert-OH is 2. The second kappa shape index (κ2) is 13.2. The van der Waals surface area contributed by atoms with Gasteiger partial charge < -0.3 is 29.9 Å². The molecule has 14 nitrogen and oxygen atoms in total. The fourth-order valence-corrected chi connectivity index (χ4v) is 7.26. The summed E-state index contributed by atoms with van der Waals surface area (Å²) in [6.45, 7) is 5.13. The molecule has 43 heavy (non-hydrogen) atoms. The van der Waals surface area contributed by atoms with Crippen LogP contribution in [-0.4, -0.2) is 72.3 Å². The van der Waals surface area contributed by atoms with Gasteiger partial charge in [-0.1, -0.05) is 38.5 Å². The van der Waals surface area contributed by atoms with E-state index in [0.29, 0.717) is 11.2 Å². The minimum Gasteiger partial charge on any atom is -0.461 e. The molecule has 1 aromatic carbocycles. The highest BCUT2D eigenvalue weighted by Gasteiger charge is 2.49. The van der Waals surface area contributed by atoms with E-state index in [0.717, 1.165) is 32.1 Å². The lowest BCUT2D eigenvalue weighted by Crippen LogP contribution is -2.45. The van der Waals surface area contributed by atoms with Crippen LogP contribution in [-0.2, 0) is 23.4 Å². The van der Waals surface area contributed by atoms with Crippen molar-refractivity contribution in [3.63, 3.8) is 0 Å². The van der Waals surface area contributed by atoms with Gasteiger partial charge in [0.15, 0.2) is 17.7 Å². The number of ether oxygens (including phenoxy) is 2. The molecule has 3 heterocycles. The maximum atomic E-state index is 14.4. The van der Waals surface area contributed by atoms with Crippen molar-refractivity contribution in [3.05, 3.63) is 43.0 Å². The molecular weight excluding hydrogens is 579 g/mol. The Labute approximate surface area is 249 Å². The molecule has 1 saturated carbocycles. The van der Waals surface area contributed by atoms with E-state index in [4.69, 9.17) is 24.3 Å². The van der Waals surface area contributed by atoms with Crippen LogP contribution in [0.2, 0.25) is 0 Å². The topological polar surface area (TPSA) is 193 Å². The van der Waals surface area contributed by atoms with Crippen LogP contribution in [0.25, 0.3) is 11.2 Å². The van der Waals surface area contributed by atoms with E-state index in [2.05, 4.69) is 20.0 Å². The summed E-state index contributed by atoms with van der Waals surface area (Å²) in [5.74, 6) is -0.486. The van der Waals surface area contributed by atoms with Crippen LogP contribution in [0.5, 0.6) is 5.75 Å². The van der Waals surface area contributed by atoms with E-state index in [-0.39, 0.29) is 23.6 Å². The molecule has 0 radical (unpaired) electrons. The third-order valence-electron chi connectivity index (χ3n) is 7.73. The van der Waals surface area contributed by atoms with E-state index in [9.17, 15) is 19.6 Å². The number of para-hydroxylation sites is 1. The first-order valence-electron chi connectivity index (χ1n) is 14.5. The Hall–Kier alpha value is -3.13. The molecule has 2 aliphatic rings. The summed E-state index contributed by atoms with van der Waals surface area (Å²) >= 11 is 0. The molecule has 7 atom stereocenters. The normalized spacial score (nSPS) is 25.8. The number of fused-ring (bicyclic) bond motifs is 1. The van der Waals surface area contributed by atoms with Crippen molar-refractivity contribution in [1.82, 2.24) is 24.6 Å². The fourth-order valence-electron chi connectivity index (χ4n) is 5.40. The Morgan fingerprint density at radius 1 is 1.09 bits per heavy atom. The summed E-state index contributed by atoms with van der Waals surface area (Å²) in [6.07, 6.45) is 0.867. The van der Waals surface area contributed by atoms with E-state index in [1.165, 1.54) is 24.1 Å². The van der Waals surface area contributed by atoms with Gasteiger partial charge in [-0.05, 0) is 50.7 Å². The lowest BCUT2D eigenvalue weighted by Gasteiger charge is -2.31. The molecule has 1 saturated heterocycles. The number of anilines is 1. The predicted molar refractivity (Wildman–Crippen MR) is 156 cm³/mol. The summed E-state index contributed by atoms with van der Waals surface area (Å²) in [6, 6.07) is 7.37. The van der Waals surface area contributed by atoms with Crippen LogP contribution in [0.3, 0.4) is 0 Å². The molecule has 3 aromatic rings. The number of aliphatic hydroxyl groups is 2.